The van der Waals surface area contributed by atoms with Crippen molar-refractivity contribution in [1.82, 2.24) is 4.98 Å². The topological polar surface area (TPSA) is 57.4 Å². The SMILES string of the molecule is COCCCSc1ccc(N)c(OC)n1. The third-order valence-electron chi connectivity index (χ3n) is 1.80. The van der Waals surface area contributed by atoms with Crippen molar-refractivity contribution >= 4 is 17.4 Å². The number of pyridine rings is 1. The molecule has 0 atom stereocenters. The molecule has 15 heavy (non-hydrogen) atoms. The molecular formula is C10H16N2O2S. The van der Waals surface area contributed by atoms with E-state index in [1.54, 1.807) is 26.0 Å². The van der Waals surface area contributed by atoms with Gasteiger partial charge in [-0.05, 0) is 18.6 Å². The molecule has 4 nitrogen and oxygen atoms in total. The van der Waals surface area contributed by atoms with Gasteiger partial charge in [-0.3, -0.25) is 0 Å². The van der Waals surface area contributed by atoms with Gasteiger partial charge in [-0.15, -0.1) is 11.8 Å². The van der Waals surface area contributed by atoms with Gasteiger partial charge >= 0.3 is 0 Å². The molecule has 0 aliphatic rings. The standard InChI is InChI=1S/C10H16N2O2S/c1-13-6-3-7-15-9-5-4-8(11)10(12-9)14-2/h4-5H,3,6-7,11H2,1-2H3. The number of ether oxygens (including phenoxy) is 2. The van der Waals surface area contributed by atoms with Gasteiger partial charge in [-0.25, -0.2) is 4.98 Å². The van der Waals surface area contributed by atoms with Gasteiger partial charge in [-0.1, -0.05) is 0 Å². The number of nitrogen functional groups attached to an aromatic ring is 1. The van der Waals surface area contributed by atoms with Crippen molar-refractivity contribution in [2.75, 3.05) is 32.3 Å². The molecule has 5 heteroatoms. The van der Waals surface area contributed by atoms with E-state index in [1.807, 2.05) is 12.1 Å². The predicted molar refractivity (Wildman–Crippen MR) is 62.4 cm³/mol. The molecule has 0 saturated carbocycles. The number of aromatic nitrogens is 1. The van der Waals surface area contributed by atoms with Crippen molar-refractivity contribution in [3.63, 3.8) is 0 Å². The average molecular weight is 228 g/mol. The van der Waals surface area contributed by atoms with Crippen LogP contribution in [-0.4, -0.2) is 31.6 Å². The van der Waals surface area contributed by atoms with E-state index in [1.165, 1.54) is 0 Å². The molecule has 0 bridgehead atoms. The summed E-state index contributed by atoms with van der Waals surface area (Å²) in [6.07, 6.45) is 1.01. The highest BCUT2D eigenvalue weighted by Crippen LogP contribution is 2.24. The zero-order chi connectivity index (χ0) is 11.1. The first-order chi connectivity index (χ1) is 7.27. The van der Waals surface area contributed by atoms with Gasteiger partial charge in [0, 0.05) is 19.5 Å². The van der Waals surface area contributed by atoms with E-state index in [2.05, 4.69) is 4.98 Å². The molecule has 1 heterocycles. The van der Waals surface area contributed by atoms with Gasteiger partial charge in [0.15, 0.2) is 0 Å². The number of methoxy groups -OCH3 is 2. The van der Waals surface area contributed by atoms with Gasteiger partial charge in [0.25, 0.3) is 0 Å². The zero-order valence-corrected chi connectivity index (χ0v) is 9.84. The number of anilines is 1. The number of rotatable bonds is 6. The van der Waals surface area contributed by atoms with E-state index in [4.69, 9.17) is 15.2 Å². The highest BCUT2D eigenvalue weighted by molar-refractivity contribution is 7.99. The van der Waals surface area contributed by atoms with Crippen LogP contribution in [0.2, 0.25) is 0 Å². The number of thioether (sulfide) groups is 1. The van der Waals surface area contributed by atoms with Crippen molar-refractivity contribution in [3.05, 3.63) is 12.1 Å². The van der Waals surface area contributed by atoms with Crippen molar-refractivity contribution < 1.29 is 9.47 Å². The fourth-order valence-electron chi connectivity index (χ4n) is 1.06. The predicted octanol–water partition coefficient (Wildman–Crippen LogP) is 1.80. The molecule has 0 amide bonds. The van der Waals surface area contributed by atoms with E-state index in [0.29, 0.717) is 11.6 Å². The van der Waals surface area contributed by atoms with Gasteiger partial charge in [0.05, 0.1) is 12.8 Å². The summed E-state index contributed by atoms with van der Waals surface area (Å²) in [6.45, 7) is 0.777. The van der Waals surface area contributed by atoms with Crippen LogP contribution < -0.4 is 10.5 Å². The molecule has 1 aromatic rings. The Morgan fingerprint density at radius 2 is 2.20 bits per heavy atom. The van der Waals surface area contributed by atoms with E-state index >= 15 is 0 Å². The Morgan fingerprint density at radius 1 is 1.40 bits per heavy atom. The smallest absolute Gasteiger partial charge is 0.237 e. The summed E-state index contributed by atoms with van der Waals surface area (Å²) >= 11 is 1.67. The van der Waals surface area contributed by atoms with Crippen LogP contribution in [0.25, 0.3) is 0 Å². The average Bonchev–Trinajstić information content (AvgIpc) is 2.26. The molecule has 0 aromatic carbocycles. The number of hydrogen-bond donors (Lipinski definition) is 1. The second kappa shape index (κ2) is 6.53. The maximum absolute atomic E-state index is 5.66. The van der Waals surface area contributed by atoms with Crippen LogP contribution in [0.4, 0.5) is 5.69 Å². The normalized spacial score (nSPS) is 10.3. The monoisotopic (exact) mass is 228 g/mol. The fourth-order valence-corrected chi connectivity index (χ4v) is 1.84. The van der Waals surface area contributed by atoms with Crippen LogP contribution in [0.15, 0.2) is 17.2 Å². The lowest BCUT2D eigenvalue weighted by molar-refractivity contribution is 0.200. The van der Waals surface area contributed by atoms with Crippen LogP contribution in [0, 0.1) is 0 Å². The Hall–Kier alpha value is -0.940. The first-order valence-corrected chi connectivity index (χ1v) is 5.68. The third kappa shape index (κ3) is 3.97. The molecule has 0 unspecified atom stereocenters. The van der Waals surface area contributed by atoms with Crippen molar-refractivity contribution in [3.8, 4) is 5.88 Å². The molecule has 1 aromatic heterocycles. The maximum Gasteiger partial charge on any atom is 0.237 e. The Balaban J connectivity index is 2.47. The summed E-state index contributed by atoms with van der Waals surface area (Å²) in [6, 6.07) is 3.71. The molecule has 0 spiro atoms. The molecule has 0 fully saturated rings. The Kier molecular flexibility index (Phi) is 5.28. The summed E-state index contributed by atoms with van der Waals surface area (Å²) in [5.74, 6) is 1.47. The summed E-state index contributed by atoms with van der Waals surface area (Å²) in [5.41, 5.74) is 6.23. The van der Waals surface area contributed by atoms with Gasteiger partial charge in [-0.2, -0.15) is 0 Å². The molecule has 0 saturated heterocycles. The third-order valence-corrected chi connectivity index (χ3v) is 2.82. The lowest BCUT2D eigenvalue weighted by Crippen LogP contribution is -1.96. The van der Waals surface area contributed by atoms with Gasteiger partial charge in [0.2, 0.25) is 5.88 Å². The minimum atomic E-state index is 0.492. The van der Waals surface area contributed by atoms with Gasteiger partial charge in [0.1, 0.15) is 5.03 Å². The highest BCUT2D eigenvalue weighted by atomic mass is 32.2. The highest BCUT2D eigenvalue weighted by Gasteiger charge is 2.02. The minimum Gasteiger partial charge on any atom is -0.480 e. The van der Waals surface area contributed by atoms with Crippen LogP contribution >= 0.6 is 11.8 Å². The summed E-state index contributed by atoms with van der Waals surface area (Å²) in [4.78, 5) is 4.26. The Labute approximate surface area is 94.2 Å². The molecule has 2 N–H and O–H groups in total. The van der Waals surface area contributed by atoms with Crippen molar-refractivity contribution in [2.24, 2.45) is 0 Å². The van der Waals surface area contributed by atoms with Crippen molar-refractivity contribution in [1.29, 1.82) is 0 Å². The Bertz CT molecular complexity index is 307. The van der Waals surface area contributed by atoms with Crippen LogP contribution in [0.1, 0.15) is 6.42 Å². The number of nitrogens with zero attached hydrogens (tertiary/aromatic N) is 1. The lowest BCUT2D eigenvalue weighted by atomic mass is 10.4. The quantitative estimate of drug-likeness (QED) is 0.594. The number of hydrogen-bond acceptors (Lipinski definition) is 5. The van der Waals surface area contributed by atoms with Crippen LogP contribution in [-0.2, 0) is 4.74 Å². The summed E-state index contributed by atoms with van der Waals surface area (Å²) < 4.78 is 10.0. The fraction of sp³-hybridized carbons (Fsp3) is 0.500. The largest absolute Gasteiger partial charge is 0.480 e. The molecule has 0 radical (unpaired) electrons. The molecule has 0 aliphatic carbocycles. The summed E-state index contributed by atoms with van der Waals surface area (Å²) in [7, 11) is 3.27. The zero-order valence-electron chi connectivity index (χ0n) is 9.03. The van der Waals surface area contributed by atoms with E-state index in [9.17, 15) is 0 Å². The lowest BCUT2D eigenvalue weighted by Gasteiger charge is -2.05. The Morgan fingerprint density at radius 3 is 2.87 bits per heavy atom. The maximum atomic E-state index is 5.66. The van der Waals surface area contributed by atoms with E-state index in [-0.39, 0.29) is 0 Å². The summed E-state index contributed by atoms with van der Waals surface area (Å²) in [5, 5.41) is 0.928. The van der Waals surface area contributed by atoms with Gasteiger partial charge < -0.3 is 15.2 Å². The van der Waals surface area contributed by atoms with Crippen LogP contribution in [0.5, 0.6) is 5.88 Å². The number of nitrogens with two attached hydrogens (primary N) is 1. The first kappa shape index (κ1) is 12.1. The minimum absolute atomic E-state index is 0.492. The first-order valence-electron chi connectivity index (χ1n) is 4.70. The molecule has 1 rings (SSSR count). The molecule has 84 valence electrons. The second-order valence-corrected chi connectivity index (χ2v) is 4.06. The second-order valence-electron chi connectivity index (χ2n) is 2.94. The van der Waals surface area contributed by atoms with Crippen molar-refractivity contribution in [2.45, 2.75) is 11.4 Å². The molecule has 0 aliphatic heterocycles. The van der Waals surface area contributed by atoms with E-state index < -0.39 is 0 Å². The van der Waals surface area contributed by atoms with Crippen LogP contribution in [0.3, 0.4) is 0 Å². The van der Waals surface area contributed by atoms with E-state index in [0.717, 1.165) is 23.8 Å². The molecular weight excluding hydrogens is 212 g/mol.